The summed E-state index contributed by atoms with van der Waals surface area (Å²) in [5.74, 6) is -0.990. The van der Waals surface area contributed by atoms with E-state index in [0.29, 0.717) is 0 Å². The van der Waals surface area contributed by atoms with Crippen LogP contribution in [0.2, 0.25) is 0 Å². The molecule has 52 valence electrons. The van der Waals surface area contributed by atoms with Gasteiger partial charge >= 0.3 is 5.97 Å². The van der Waals surface area contributed by atoms with Crippen molar-refractivity contribution in [2.45, 2.75) is 20.0 Å². The minimum absolute atomic E-state index is 0.0422. The minimum atomic E-state index is -0.990. The molecule has 0 aromatic carbocycles. The smallest absolute Gasteiger partial charge is 0.331 e. The van der Waals surface area contributed by atoms with Gasteiger partial charge in [0.1, 0.15) is 0 Å². The summed E-state index contributed by atoms with van der Waals surface area (Å²) < 4.78 is 4.79. The van der Waals surface area contributed by atoms with Crippen LogP contribution < -0.4 is 0 Å². The Morgan fingerprint density at radius 1 is 1.67 bits per heavy atom. The molecule has 0 saturated heterocycles. The fourth-order valence-corrected chi connectivity index (χ4v) is 0.255. The summed E-state index contributed by atoms with van der Waals surface area (Å²) in [4.78, 5) is 9.81. The van der Waals surface area contributed by atoms with E-state index in [1.165, 1.54) is 6.26 Å². The van der Waals surface area contributed by atoms with E-state index in [0.717, 1.165) is 6.08 Å². The fraction of sp³-hybridized carbons (Fsp3) is 0.500. The molecule has 0 atom stereocenters. The lowest BCUT2D eigenvalue weighted by molar-refractivity contribution is -0.131. The average molecular weight is 130 g/mol. The van der Waals surface area contributed by atoms with E-state index in [4.69, 9.17) is 9.84 Å². The first-order chi connectivity index (χ1) is 4.13. The van der Waals surface area contributed by atoms with Crippen LogP contribution in [0, 0.1) is 0 Å². The van der Waals surface area contributed by atoms with Gasteiger partial charge in [-0.05, 0) is 13.8 Å². The zero-order chi connectivity index (χ0) is 7.28. The van der Waals surface area contributed by atoms with Crippen molar-refractivity contribution in [2.24, 2.45) is 0 Å². The summed E-state index contributed by atoms with van der Waals surface area (Å²) in [7, 11) is 0. The van der Waals surface area contributed by atoms with Gasteiger partial charge in [0, 0.05) is 0 Å². The summed E-state index contributed by atoms with van der Waals surface area (Å²) in [6.45, 7) is 3.65. The van der Waals surface area contributed by atoms with Crippen LogP contribution in [-0.2, 0) is 9.53 Å². The molecule has 0 bridgehead atoms. The molecule has 0 fully saturated rings. The van der Waals surface area contributed by atoms with Gasteiger partial charge in [-0.3, -0.25) is 0 Å². The molecule has 1 N–H and O–H groups in total. The molecule has 0 aliphatic heterocycles. The number of hydrogen-bond donors (Lipinski definition) is 1. The highest BCUT2D eigenvalue weighted by Crippen LogP contribution is 1.87. The maximum Gasteiger partial charge on any atom is 0.331 e. The number of ether oxygens (including phenoxy) is 1. The molecule has 0 heterocycles. The van der Waals surface area contributed by atoms with Crippen LogP contribution in [0.3, 0.4) is 0 Å². The van der Waals surface area contributed by atoms with Crippen LogP contribution in [0.5, 0.6) is 0 Å². The monoisotopic (exact) mass is 130 g/mol. The van der Waals surface area contributed by atoms with Gasteiger partial charge in [-0.25, -0.2) is 4.79 Å². The minimum Gasteiger partial charge on any atom is -0.498 e. The Bertz CT molecular complexity index is 115. The molecule has 0 aromatic rings. The lowest BCUT2D eigenvalue weighted by atomic mass is 10.5. The molecule has 0 spiro atoms. The quantitative estimate of drug-likeness (QED) is 0.458. The highest BCUT2D eigenvalue weighted by molar-refractivity contribution is 5.79. The fourth-order valence-electron chi connectivity index (χ4n) is 0.255. The van der Waals surface area contributed by atoms with Gasteiger partial charge in [0.2, 0.25) is 0 Å². The highest BCUT2D eigenvalue weighted by Gasteiger charge is 1.87. The Balaban J connectivity index is 3.36. The highest BCUT2D eigenvalue weighted by atomic mass is 16.5. The SMILES string of the molecule is CC(C)O/C=C\C(=O)O. The van der Waals surface area contributed by atoms with E-state index in [1.807, 2.05) is 13.8 Å². The second-order valence-electron chi connectivity index (χ2n) is 1.83. The first-order valence-corrected chi connectivity index (χ1v) is 2.68. The molecular formula is C6H10O3. The molecule has 0 saturated carbocycles. The summed E-state index contributed by atoms with van der Waals surface area (Å²) in [6.07, 6.45) is 2.17. The molecule has 3 heteroatoms. The van der Waals surface area contributed by atoms with E-state index < -0.39 is 5.97 Å². The van der Waals surface area contributed by atoms with Crippen molar-refractivity contribution >= 4 is 5.97 Å². The Morgan fingerprint density at radius 2 is 2.22 bits per heavy atom. The third-order valence-electron chi connectivity index (χ3n) is 0.561. The number of rotatable bonds is 3. The van der Waals surface area contributed by atoms with Crippen molar-refractivity contribution < 1.29 is 14.6 Å². The largest absolute Gasteiger partial charge is 0.498 e. The van der Waals surface area contributed by atoms with Crippen LogP contribution in [0.4, 0.5) is 0 Å². The normalized spacial score (nSPS) is 10.6. The lowest BCUT2D eigenvalue weighted by Gasteiger charge is -2.00. The average Bonchev–Trinajstić information content (AvgIpc) is 1.63. The summed E-state index contributed by atoms with van der Waals surface area (Å²) in [5.41, 5.74) is 0. The molecule has 0 radical (unpaired) electrons. The predicted molar refractivity (Wildman–Crippen MR) is 33.0 cm³/mol. The molecule has 0 rings (SSSR count). The Labute approximate surface area is 53.9 Å². The Hall–Kier alpha value is -0.990. The van der Waals surface area contributed by atoms with Gasteiger partial charge in [-0.2, -0.15) is 0 Å². The number of carboxylic acids is 1. The lowest BCUT2D eigenvalue weighted by Crippen LogP contribution is -1.96. The number of carbonyl (C=O) groups is 1. The first-order valence-electron chi connectivity index (χ1n) is 2.68. The van der Waals surface area contributed by atoms with E-state index in [-0.39, 0.29) is 6.10 Å². The number of aliphatic carboxylic acids is 1. The summed E-state index contributed by atoms with van der Waals surface area (Å²) in [6, 6.07) is 0. The van der Waals surface area contributed by atoms with Crippen molar-refractivity contribution in [3.8, 4) is 0 Å². The third-order valence-corrected chi connectivity index (χ3v) is 0.561. The molecule has 0 amide bonds. The van der Waals surface area contributed by atoms with E-state index in [1.54, 1.807) is 0 Å². The van der Waals surface area contributed by atoms with Gasteiger partial charge < -0.3 is 9.84 Å². The van der Waals surface area contributed by atoms with Crippen LogP contribution >= 0.6 is 0 Å². The van der Waals surface area contributed by atoms with Crippen molar-refractivity contribution in [3.05, 3.63) is 12.3 Å². The van der Waals surface area contributed by atoms with Gasteiger partial charge in [-0.15, -0.1) is 0 Å². The van der Waals surface area contributed by atoms with Crippen LogP contribution in [0.1, 0.15) is 13.8 Å². The van der Waals surface area contributed by atoms with E-state index in [9.17, 15) is 4.79 Å². The van der Waals surface area contributed by atoms with Crippen LogP contribution in [0.15, 0.2) is 12.3 Å². The summed E-state index contributed by atoms with van der Waals surface area (Å²) >= 11 is 0. The first kappa shape index (κ1) is 8.01. The number of hydrogen-bond acceptors (Lipinski definition) is 2. The van der Waals surface area contributed by atoms with E-state index >= 15 is 0 Å². The number of carboxylic acid groups (broad SMARTS) is 1. The van der Waals surface area contributed by atoms with Crippen molar-refractivity contribution in [2.75, 3.05) is 0 Å². The molecule has 0 aliphatic rings. The van der Waals surface area contributed by atoms with Crippen LogP contribution in [0.25, 0.3) is 0 Å². The molecule has 3 nitrogen and oxygen atoms in total. The van der Waals surface area contributed by atoms with Crippen LogP contribution in [-0.4, -0.2) is 17.2 Å². The second kappa shape index (κ2) is 3.95. The summed E-state index contributed by atoms with van der Waals surface area (Å²) in [5, 5.41) is 8.06. The van der Waals surface area contributed by atoms with Crippen molar-refractivity contribution in [1.29, 1.82) is 0 Å². The second-order valence-corrected chi connectivity index (χ2v) is 1.83. The van der Waals surface area contributed by atoms with Crippen molar-refractivity contribution in [1.82, 2.24) is 0 Å². The zero-order valence-corrected chi connectivity index (χ0v) is 5.50. The maximum atomic E-state index is 9.81. The molecule has 0 unspecified atom stereocenters. The topological polar surface area (TPSA) is 46.5 Å². The predicted octanol–water partition coefficient (Wildman–Crippen LogP) is 1.01. The van der Waals surface area contributed by atoms with Gasteiger partial charge in [0.25, 0.3) is 0 Å². The molecule has 0 aliphatic carbocycles. The van der Waals surface area contributed by atoms with Crippen molar-refractivity contribution in [3.63, 3.8) is 0 Å². The third kappa shape index (κ3) is 7.01. The Kier molecular flexibility index (Phi) is 3.51. The Morgan fingerprint density at radius 3 is 2.56 bits per heavy atom. The molecule has 9 heavy (non-hydrogen) atoms. The van der Waals surface area contributed by atoms with E-state index in [2.05, 4.69) is 0 Å². The van der Waals surface area contributed by atoms with Gasteiger partial charge in [0.05, 0.1) is 18.4 Å². The molecular weight excluding hydrogens is 120 g/mol. The zero-order valence-electron chi connectivity index (χ0n) is 5.50. The standard InChI is InChI=1S/C6H10O3/c1-5(2)9-4-3-6(7)8/h3-5H,1-2H3,(H,7,8)/b4-3-. The maximum absolute atomic E-state index is 9.81. The van der Waals surface area contributed by atoms with Gasteiger partial charge in [-0.1, -0.05) is 0 Å². The van der Waals surface area contributed by atoms with Gasteiger partial charge in [0.15, 0.2) is 0 Å². The molecule has 0 aromatic heterocycles.